The molecule has 3 aliphatic heterocycles. The highest BCUT2D eigenvalue weighted by Gasteiger charge is 2.39. The summed E-state index contributed by atoms with van der Waals surface area (Å²) in [5.41, 5.74) is 4.05. The Morgan fingerprint density at radius 1 is 0.419 bits per heavy atom. The van der Waals surface area contributed by atoms with Gasteiger partial charge >= 0.3 is 24.5 Å². The smallest absolute Gasteiger partial charge is 0.416 e. The minimum absolute atomic E-state index is 0.0677. The highest BCUT2D eigenvalue weighted by atomic mass is 35.5. The van der Waals surface area contributed by atoms with Gasteiger partial charge in [0.2, 0.25) is 0 Å². The molecule has 0 aliphatic carbocycles. The van der Waals surface area contributed by atoms with Crippen LogP contribution in [0.3, 0.4) is 0 Å². The maximum atomic E-state index is 14.0. The van der Waals surface area contributed by atoms with Crippen molar-refractivity contribution in [1.29, 1.82) is 0 Å². The van der Waals surface area contributed by atoms with Crippen LogP contribution in [0.2, 0.25) is 15.1 Å². The molecule has 2 amide bonds. The number of amides is 2. The van der Waals surface area contributed by atoms with Crippen LogP contribution >= 0.6 is 34.8 Å². The SMILES string of the molecule is COc1cc(NC(C(=O)N2CCc3ccc(C(F)(F)F)cc32)c2ccc(Cl)cc2)cc(OCCO)c1.COc1cc(NC(C(=O)N2CCc3ccc(C(F)(F)F)cc32)c2ccc(Cl)cc2)cc(OCCOC(C)(C)C)c1.COc1cc(NC(C(=O)O)c2ccc(Cl)cc2)cc(OCCOC(C)(C)C)c1.FC(F)(F)c1ccc2c(c1)NCC2. The Morgan fingerprint density at radius 2 is 0.744 bits per heavy atom. The Kier molecular flexibility index (Phi) is 31.0. The van der Waals surface area contributed by atoms with Gasteiger partial charge < -0.3 is 79.2 Å². The van der Waals surface area contributed by atoms with Crippen LogP contribution in [0.5, 0.6) is 34.5 Å². The molecular formula is C86H90Cl3F9N6O13. The number of aliphatic carboxylic acids is 1. The van der Waals surface area contributed by atoms with Crippen molar-refractivity contribution in [3.63, 3.8) is 0 Å². The van der Waals surface area contributed by atoms with Crippen molar-refractivity contribution in [2.24, 2.45) is 0 Å². The highest BCUT2D eigenvalue weighted by Crippen LogP contribution is 2.42. The number of aliphatic hydroxyl groups excluding tert-OH is 1. The zero-order valence-electron chi connectivity index (χ0n) is 65.4. The maximum Gasteiger partial charge on any atom is 0.416 e. The van der Waals surface area contributed by atoms with Crippen LogP contribution in [0.15, 0.2) is 182 Å². The largest absolute Gasteiger partial charge is 0.497 e. The molecule has 0 fully saturated rings. The molecule has 0 spiro atoms. The number of aliphatic hydroxyl groups is 1. The third kappa shape index (κ3) is 26.5. The number of fused-ring (bicyclic) bond motifs is 3. The Labute approximate surface area is 687 Å². The van der Waals surface area contributed by atoms with Crippen molar-refractivity contribution in [3.8, 4) is 34.5 Å². The first-order chi connectivity index (χ1) is 55.3. The molecule has 0 saturated heterocycles. The fourth-order valence-electron chi connectivity index (χ4n) is 12.4. The molecule has 19 nitrogen and oxygen atoms in total. The molecule has 9 aromatic rings. The number of carbonyl (C=O) groups is 3. The first-order valence-corrected chi connectivity index (χ1v) is 38.0. The van der Waals surface area contributed by atoms with E-state index in [1.165, 1.54) is 48.3 Å². The second-order valence-corrected chi connectivity index (χ2v) is 30.1. The molecule has 0 radical (unpaired) electrons. The van der Waals surface area contributed by atoms with E-state index < -0.39 is 71.1 Å². The third-order valence-electron chi connectivity index (χ3n) is 18.1. The molecule has 3 unspecified atom stereocenters. The molecule has 3 aliphatic rings. The normalized spacial score (nSPS) is 13.7. The van der Waals surface area contributed by atoms with E-state index in [1.807, 2.05) is 41.5 Å². The fourth-order valence-corrected chi connectivity index (χ4v) is 12.8. The monoisotopic (exact) mass is 1690 g/mol. The molecule has 6 N–H and O–H groups in total. The summed E-state index contributed by atoms with van der Waals surface area (Å²) in [5, 5.41) is 32.6. The number of alkyl halides is 9. The number of rotatable bonds is 26. The van der Waals surface area contributed by atoms with Crippen molar-refractivity contribution in [2.45, 2.75) is 109 Å². The van der Waals surface area contributed by atoms with E-state index in [-0.39, 0.29) is 48.9 Å². The van der Waals surface area contributed by atoms with Crippen LogP contribution < -0.4 is 59.5 Å². The summed E-state index contributed by atoms with van der Waals surface area (Å²) in [6.45, 7) is 14.4. The fraction of sp³-hybridized carbons (Fsp3) is 0.337. The lowest BCUT2D eigenvalue weighted by atomic mass is 10.0. The molecule has 12 rings (SSSR count). The summed E-state index contributed by atoms with van der Waals surface area (Å²) in [7, 11) is 4.54. The summed E-state index contributed by atoms with van der Waals surface area (Å²) in [5.74, 6) is 1.15. The van der Waals surface area contributed by atoms with Crippen molar-refractivity contribution in [1.82, 2.24) is 0 Å². The van der Waals surface area contributed by atoms with Gasteiger partial charge in [-0.2, -0.15) is 39.5 Å². The zero-order chi connectivity index (χ0) is 85.2. The van der Waals surface area contributed by atoms with E-state index >= 15 is 0 Å². The van der Waals surface area contributed by atoms with Crippen molar-refractivity contribution in [2.75, 3.05) is 112 Å². The van der Waals surface area contributed by atoms with Crippen molar-refractivity contribution >= 4 is 86.7 Å². The Balaban J connectivity index is 0.000000188. The minimum atomic E-state index is -4.52. The number of hydrogen-bond acceptors (Lipinski definition) is 16. The molecule has 3 atom stereocenters. The van der Waals surface area contributed by atoms with Gasteiger partial charge in [0.25, 0.3) is 11.8 Å². The maximum absolute atomic E-state index is 14.0. The van der Waals surface area contributed by atoms with Gasteiger partial charge in [0.15, 0.2) is 6.04 Å². The number of carboxylic acids is 1. The van der Waals surface area contributed by atoms with Crippen molar-refractivity contribution < 1.29 is 102 Å². The molecular weight excluding hydrogens is 1600 g/mol. The van der Waals surface area contributed by atoms with E-state index in [2.05, 4.69) is 21.3 Å². The number of anilines is 6. The van der Waals surface area contributed by atoms with Gasteiger partial charge in [-0.25, -0.2) is 4.79 Å². The van der Waals surface area contributed by atoms with E-state index in [4.69, 9.17) is 77.8 Å². The van der Waals surface area contributed by atoms with Gasteiger partial charge in [-0.3, -0.25) is 9.59 Å². The number of nitrogens with one attached hydrogen (secondary N) is 4. The first-order valence-electron chi connectivity index (χ1n) is 36.9. The zero-order valence-corrected chi connectivity index (χ0v) is 67.6. The summed E-state index contributed by atoms with van der Waals surface area (Å²) >= 11 is 18.0. The van der Waals surface area contributed by atoms with Gasteiger partial charge in [-0.15, -0.1) is 0 Å². The van der Waals surface area contributed by atoms with E-state index in [9.17, 15) is 59.0 Å². The molecule has 3 heterocycles. The summed E-state index contributed by atoms with van der Waals surface area (Å²) in [4.78, 5) is 42.3. The van der Waals surface area contributed by atoms with Crippen molar-refractivity contribution in [3.05, 3.63) is 247 Å². The Morgan fingerprint density at radius 3 is 1.08 bits per heavy atom. The molecule has 117 heavy (non-hydrogen) atoms. The van der Waals surface area contributed by atoms with Crippen LogP contribution in [0.25, 0.3) is 0 Å². The molecule has 0 saturated carbocycles. The standard InChI is InChI=1S/C30H32ClF3N2O4.C26H24ClF3N2O4.C21H26ClNO5.C9H8F3N/c1-29(2,3)40-14-13-39-25-17-23(16-24(18-25)38-4)35-27(20-6-9-22(31)10-7-20)28(37)36-12-11-19-5-8-21(15-26(19)36)30(32,33)34;1-35-21-13-20(14-22(15-21)36-11-10-33)31-24(17-3-6-19(27)7-4-17)25(34)32-9-8-16-2-5-18(12-23(16)32)26(28,29)30;1-21(2,3)28-10-9-27-18-12-16(11-17(13-18)26-4)23-19(20(24)25)14-5-7-15(22)8-6-14;10-9(11,12)7-2-1-6-3-4-13-8(6)5-7/h5-10,15-18,27,35H,11-14H2,1-4H3;2-7,12-15,24,31,33H,8-11H2,1H3;5-8,11-13,19,23H,9-10H2,1-4H3,(H,24,25);1-2,5,13H,3-4H2. The van der Waals surface area contributed by atoms with E-state index in [0.717, 1.165) is 48.9 Å². The number of halogens is 12. The van der Waals surface area contributed by atoms with Gasteiger partial charge in [0.05, 0.1) is 69.0 Å². The summed E-state index contributed by atoms with van der Waals surface area (Å²) in [6, 6.07) is 43.4. The molecule has 31 heteroatoms. The Hall–Kier alpha value is -10.5. The predicted molar refractivity (Wildman–Crippen MR) is 434 cm³/mol. The number of carbonyl (C=O) groups excluding carboxylic acids is 2. The van der Waals surface area contributed by atoms with Crippen LogP contribution in [-0.4, -0.2) is 120 Å². The molecule has 9 aromatic carbocycles. The minimum Gasteiger partial charge on any atom is -0.497 e. The Bertz CT molecular complexity index is 4840. The number of nitrogens with zero attached hydrogens (tertiary/aromatic N) is 2. The topological polar surface area (TPSA) is 220 Å². The lowest BCUT2D eigenvalue weighted by Gasteiger charge is -2.27. The quantitative estimate of drug-likeness (QED) is 0.0219. The lowest BCUT2D eigenvalue weighted by Crippen LogP contribution is -2.37. The highest BCUT2D eigenvalue weighted by molar-refractivity contribution is 6.31. The number of benzene rings is 9. The number of ether oxygens (including phenoxy) is 8. The molecule has 0 aromatic heterocycles. The number of carboxylic acid groups (broad SMARTS) is 1. The predicted octanol–water partition coefficient (Wildman–Crippen LogP) is 20.2. The van der Waals surface area contributed by atoms with E-state index in [1.54, 1.807) is 135 Å². The van der Waals surface area contributed by atoms with Gasteiger partial charge in [-0.05, 0) is 167 Å². The van der Waals surface area contributed by atoms with Gasteiger partial charge in [-0.1, -0.05) is 89.4 Å². The first kappa shape index (κ1) is 90.4. The lowest BCUT2D eigenvalue weighted by molar-refractivity contribution is -0.138. The summed E-state index contributed by atoms with van der Waals surface area (Å²) in [6.07, 6.45) is -11.6. The van der Waals surface area contributed by atoms with Gasteiger partial charge in [0, 0.05) is 123 Å². The molecule has 0 bridgehead atoms. The van der Waals surface area contributed by atoms with Gasteiger partial charge in [0.1, 0.15) is 66.4 Å². The van der Waals surface area contributed by atoms with E-state index in [0.29, 0.717) is 139 Å². The number of methoxy groups -OCH3 is 3. The average Bonchev–Trinajstić information content (AvgIpc) is 1.67. The van der Waals surface area contributed by atoms with Crippen LogP contribution in [0.4, 0.5) is 73.6 Å². The summed E-state index contributed by atoms with van der Waals surface area (Å²) < 4.78 is 162. The second-order valence-electron chi connectivity index (χ2n) is 28.8. The van der Waals surface area contributed by atoms with Crippen LogP contribution in [0.1, 0.15) is 110 Å². The van der Waals surface area contributed by atoms with Crippen LogP contribution in [0, 0.1) is 0 Å². The van der Waals surface area contributed by atoms with Crippen LogP contribution in [-0.2, 0) is 61.6 Å². The third-order valence-corrected chi connectivity index (χ3v) is 18.8. The molecule has 626 valence electrons. The number of hydrogen-bond donors (Lipinski definition) is 6. The second kappa shape index (κ2) is 40.1. The average molecular weight is 1690 g/mol.